The standard InChI is InChI=1S/C14H14FNS/c15-13-5-1-4-12(7-13)10-17-14-6-2-3-11(8-14)9-16/h1-8H,9-10,16H2. The van der Waals surface area contributed by atoms with E-state index in [1.807, 2.05) is 24.3 Å². The van der Waals surface area contributed by atoms with Crippen LogP contribution in [0.3, 0.4) is 0 Å². The molecule has 0 atom stereocenters. The summed E-state index contributed by atoms with van der Waals surface area (Å²) < 4.78 is 13.0. The molecule has 0 aromatic heterocycles. The molecule has 0 aliphatic rings. The van der Waals surface area contributed by atoms with Gasteiger partial charge in [-0.25, -0.2) is 4.39 Å². The van der Waals surface area contributed by atoms with Gasteiger partial charge < -0.3 is 5.73 Å². The van der Waals surface area contributed by atoms with Gasteiger partial charge in [0.05, 0.1) is 0 Å². The van der Waals surface area contributed by atoms with Crippen LogP contribution in [0.25, 0.3) is 0 Å². The van der Waals surface area contributed by atoms with Gasteiger partial charge in [0.2, 0.25) is 0 Å². The summed E-state index contributed by atoms with van der Waals surface area (Å²) in [6.45, 7) is 0.550. The van der Waals surface area contributed by atoms with Crippen molar-refractivity contribution in [3.8, 4) is 0 Å². The van der Waals surface area contributed by atoms with Crippen LogP contribution in [0.5, 0.6) is 0 Å². The van der Waals surface area contributed by atoms with Crippen LogP contribution < -0.4 is 5.73 Å². The summed E-state index contributed by atoms with van der Waals surface area (Å²) in [7, 11) is 0. The van der Waals surface area contributed by atoms with Crippen LogP contribution in [0, 0.1) is 5.82 Å². The average molecular weight is 247 g/mol. The normalized spacial score (nSPS) is 10.5. The van der Waals surface area contributed by atoms with Crippen LogP contribution in [0.15, 0.2) is 53.4 Å². The number of rotatable bonds is 4. The van der Waals surface area contributed by atoms with Crippen LogP contribution >= 0.6 is 11.8 Å². The molecule has 0 saturated carbocycles. The Morgan fingerprint density at radius 1 is 1.00 bits per heavy atom. The van der Waals surface area contributed by atoms with Gasteiger partial charge in [0.15, 0.2) is 0 Å². The molecule has 0 unspecified atom stereocenters. The molecule has 0 aliphatic carbocycles. The molecule has 0 amide bonds. The average Bonchev–Trinajstić information content (AvgIpc) is 2.37. The molecule has 2 rings (SSSR count). The van der Waals surface area contributed by atoms with Gasteiger partial charge in [0, 0.05) is 17.2 Å². The van der Waals surface area contributed by atoms with E-state index in [9.17, 15) is 4.39 Å². The van der Waals surface area contributed by atoms with Crippen LogP contribution in [0.1, 0.15) is 11.1 Å². The van der Waals surface area contributed by atoms with E-state index in [0.29, 0.717) is 6.54 Å². The fourth-order valence-electron chi connectivity index (χ4n) is 1.56. The van der Waals surface area contributed by atoms with Crippen LogP contribution in [-0.2, 0) is 12.3 Å². The van der Waals surface area contributed by atoms with E-state index < -0.39 is 0 Å². The third kappa shape index (κ3) is 3.58. The maximum absolute atomic E-state index is 13.0. The van der Waals surface area contributed by atoms with Gasteiger partial charge in [-0.3, -0.25) is 0 Å². The van der Waals surface area contributed by atoms with Crippen molar-refractivity contribution in [2.24, 2.45) is 5.73 Å². The third-order valence-corrected chi connectivity index (χ3v) is 3.49. The van der Waals surface area contributed by atoms with Gasteiger partial charge in [-0.2, -0.15) is 0 Å². The Morgan fingerprint density at radius 2 is 1.76 bits per heavy atom. The molecule has 0 aliphatic heterocycles. The van der Waals surface area contributed by atoms with E-state index in [4.69, 9.17) is 5.73 Å². The molecule has 17 heavy (non-hydrogen) atoms. The van der Waals surface area contributed by atoms with Crippen molar-refractivity contribution in [1.82, 2.24) is 0 Å². The SMILES string of the molecule is NCc1cccc(SCc2cccc(F)c2)c1. The Hall–Kier alpha value is -1.32. The number of thioether (sulfide) groups is 1. The highest BCUT2D eigenvalue weighted by atomic mass is 32.2. The van der Waals surface area contributed by atoms with Crippen molar-refractivity contribution < 1.29 is 4.39 Å². The summed E-state index contributed by atoms with van der Waals surface area (Å²) in [5, 5.41) is 0. The lowest BCUT2D eigenvalue weighted by atomic mass is 10.2. The fourth-order valence-corrected chi connectivity index (χ4v) is 2.48. The second-order valence-electron chi connectivity index (χ2n) is 3.77. The lowest BCUT2D eigenvalue weighted by Crippen LogP contribution is -1.95. The van der Waals surface area contributed by atoms with E-state index >= 15 is 0 Å². The molecule has 0 bridgehead atoms. The highest BCUT2D eigenvalue weighted by Gasteiger charge is 1.99. The van der Waals surface area contributed by atoms with E-state index in [0.717, 1.165) is 21.8 Å². The summed E-state index contributed by atoms with van der Waals surface area (Å²) >= 11 is 1.69. The first-order valence-corrected chi connectivity index (χ1v) is 6.43. The zero-order valence-corrected chi connectivity index (χ0v) is 10.2. The molecule has 0 saturated heterocycles. The van der Waals surface area contributed by atoms with Crippen LogP contribution in [-0.4, -0.2) is 0 Å². The monoisotopic (exact) mass is 247 g/mol. The van der Waals surface area contributed by atoms with Crippen molar-refractivity contribution in [1.29, 1.82) is 0 Å². The smallest absolute Gasteiger partial charge is 0.123 e. The first kappa shape index (κ1) is 12.1. The maximum Gasteiger partial charge on any atom is 0.123 e. The largest absolute Gasteiger partial charge is 0.326 e. The van der Waals surface area contributed by atoms with Crippen LogP contribution in [0.4, 0.5) is 4.39 Å². The molecule has 0 heterocycles. The molecule has 0 radical (unpaired) electrons. The summed E-state index contributed by atoms with van der Waals surface area (Å²) in [5.74, 6) is 0.588. The second kappa shape index (κ2) is 5.84. The van der Waals surface area contributed by atoms with Crippen molar-refractivity contribution in [2.45, 2.75) is 17.2 Å². The molecule has 2 aromatic rings. The Balaban J connectivity index is 2.02. The number of hydrogen-bond acceptors (Lipinski definition) is 2. The summed E-state index contributed by atoms with van der Waals surface area (Å²) in [6.07, 6.45) is 0. The predicted molar refractivity (Wildman–Crippen MR) is 70.3 cm³/mol. The minimum absolute atomic E-state index is 0.182. The van der Waals surface area contributed by atoms with Gasteiger partial charge >= 0.3 is 0 Å². The molecule has 0 fully saturated rings. The first-order chi connectivity index (χ1) is 8.28. The first-order valence-electron chi connectivity index (χ1n) is 5.44. The van der Waals surface area contributed by atoms with E-state index in [1.165, 1.54) is 6.07 Å². The lowest BCUT2D eigenvalue weighted by Gasteiger charge is -2.04. The number of nitrogens with two attached hydrogens (primary N) is 1. The lowest BCUT2D eigenvalue weighted by molar-refractivity contribution is 0.626. The second-order valence-corrected chi connectivity index (χ2v) is 4.82. The predicted octanol–water partition coefficient (Wildman–Crippen LogP) is 3.58. The Kier molecular flexibility index (Phi) is 4.18. The molecule has 3 heteroatoms. The molecular formula is C14H14FNS. The third-order valence-electron chi connectivity index (χ3n) is 2.43. The molecule has 0 spiro atoms. The van der Waals surface area contributed by atoms with E-state index in [2.05, 4.69) is 6.07 Å². The van der Waals surface area contributed by atoms with Crippen molar-refractivity contribution >= 4 is 11.8 Å². The van der Waals surface area contributed by atoms with Crippen LogP contribution in [0.2, 0.25) is 0 Å². The summed E-state index contributed by atoms with van der Waals surface area (Å²) in [4.78, 5) is 1.16. The molecule has 1 nitrogen and oxygen atoms in total. The van der Waals surface area contributed by atoms with Gasteiger partial charge in [0.1, 0.15) is 5.82 Å². The maximum atomic E-state index is 13.0. The topological polar surface area (TPSA) is 26.0 Å². The minimum atomic E-state index is -0.182. The Labute approximate surface area is 105 Å². The highest BCUT2D eigenvalue weighted by molar-refractivity contribution is 7.98. The minimum Gasteiger partial charge on any atom is -0.326 e. The van der Waals surface area contributed by atoms with Crippen molar-refractivity contribution in [3.05, 3.63) is 65.5 Å². The Bertz CT molecular complexity index is 499. The van der Waals surface area contributed by atoms with Crippen molar-refractivity contribution in [3.63, 3.8) is 0 Å². The van der Waals surface area contributed by atoms with Gasteiger partial charge in [0.25, 0.3) is 0 Å². The quantitative estimate of drug-likeness (QED) is 0.836. The van der Waals surface area contributed by atoms with Gasteiger partial charge in [-0.15, -0.1) is 11.8 Å². The highest BCUT2D eigenvalue weighted by Crippen LogP contribution is 2.23. The molecular weight excluding hydrogens is 233 g/mol. The van der Waals surface area contributed by atoms with Gasteiger partial charge in [-0.05, 0) is 35.4 Å². The number of benzene rings is 2. The zero-order chi connectivity index (χ0) is 12.1. The fraction of sp³-hybridized carbons (Fsp3) is 0.143. The number of hydrogen-bond donors (Lipinski definition) is 1. The van der Waals surface area contributed by atoms with E-state index in [1.54, 1.807) is 23.9 Å². The van der Waals surface area contributed by atoms with E-state index in [-0.39, 0.29) is 5.82 Å². The molecule has 2 N–H and O–H groups in total. The summed E-state index contributed by atoms with van der Waals surface area (Å²) in [5.41, 5.74) is 7.70. The zero-order valence-electron chi connectivity index (χ0n) is 9.40. The van der Waals surface area contributed by atoms with Crippen molar-refractivity contribution in [2.75, 3.05) is 0 Å². The summed E-state index contributed by atoms with van der Waals surface area (Å²) in [6, 6.07) is 14.8. The van der Waals surface area contributed by atoms with Gasteiger partial charge in [-0.1, -0.05) is 24.3 Å². The Morgan fingerprint density at radius 3 is 2.53 bits per heavy atom. The molecule has 2 aromatic carbocycles. The number of halogens is 1. The molecule has 88 valence electrons.